The van der Waals surface area contributed by atoms with Gasteiger partial charge in [-0.2, -0.15) is 0 Å². The van der Waals surface area contributed by atoms with E-state index in [1.165, 1.54) is 32.1 Å². The van der Waals surface area contributed by atoms with Crippen LogP contribution in [0.4, 0.5) is 0 Å². The molecule has 15 heavy (non-hydrogen) atoms. The molecular formula is C12H25NOS. The summed E-state index contributed by atoms with van der Waals surface area (Å²) in [5, 5.41) is 3.64. The van der Waals surface area contributed by atoms with Crippen LogP contribution >= 0.6 is 0 Å². The van der Waals surface area contributed by atoms with E-state index in [1.807, 2.05) is 0 Å². The molecule has 90 valence electrons. The fourth-order valence-electron chi connectivity index (χ4n) is 2.53. The van der Waals surface area contributed by atoms with Gasteiger partial charge in [0.1, 0.15) is 0 Å². The van der Waals surface area contributed by atoms with E-state index in [4.69, 9.17) is 0 Å². The Balaban J connectivity index is 2.15. The van der Waals surface area contributed by atoms with Crippen LogP contribution in [0.2, 0.25) is 0 Å². The third-order valence-electron chi connectivity index (χ3n) is 3.45. The Kier molecular flexibility index (Phi) is 6.50. The third kappa shape index (κ3) is 5.12. The van der Waals surface area contributed by atoms with Crippen LogP contribution in [-0.4, -0.2) is 28.8 Å². The molecule has 0 amide bonds. The molecule has 2 nitrogen and oxygen atoms in total. The predicted molar refractivity (Wildman–Crippen MR) is 67.6 cm³/mol. The lowest BCUT2D eigenvalue weighted by molar-refractivity contribution is 0.256. The normalized spacial score (nSPS) is 28.9. The molecule has 1 N–H and O–H groups in total. The lowest BCUT2D eigenvalue weighted by Crippen LogP contribution is -2.39. The Bertz CT molecular complexity index is 196. The second-order valence-electron chi connectivity index (χ2n) is 4.64. The molecule has 0 heterocycles. The molecule has 1 saturated carbocycles. The minimum atomic E-state index is -0.623. The van der Waals surface area contributed by atoms with Crippen LogP contribution in [0.25, 0.3) is 0 Å². The van der Waals surface area contributed by atoms with Crippen LogP contribution in [0.1, 0.15) is 45.4 Å². The van der Waals surface area contributed by atoms with E-state index in [1.54, 1.807) is 6.26 Å². The third-order valence-corrected chi connectivity index (χ3v) is 4.31. The Morgan fingerprint density at radius 2 is 2.07 bits per heavy atom. The summed E-state index contributed by atoms with van der Waals surface area (Å²) in [5.74, 6) is 1.72. The number of nitrogens with one attached hydrogen (secondary N) is 1. The van der Waals surface area contributed by atoms with E-state index in [9.17, 15) is 4.21 Å². The first kappa shape index (κ1) is 13.2. The summed E-state index contributed by atoms with van der Waals surface area (Å²) in [6.45, 7) is 3.34. The van der Waals surface area contributed by atoms with E-state index in [0.717, 1.165) is 30.7 Å². The number of rotatable bonds is 6. The molecule has 3 heteroatoms. The van der Waals surface area contributed by atoms with Crippen molar-refractivity contribution in [2.24, 2.45) is 5.92 Å². The highest BCUT2D eigenvalue weighted by molar-refractivity contribution is 7.84. The van der Waals surface area contributed by atoms with Gasteiger partial charge in [0.15, 0.2) is 0 Å². The molecule has 3 atom stereocenters. The fraction of sp³-hybridized carbons (Fsp3) is 1.00. The SMILES string of the molecule is CCC1CCCCC1NCCCS(C)=O. The van der Waals surface area contributed by atoms with Crippen LogP contribution in [0.5, 0.6) is 0 Å². The molecule has 0 aliphatic heterocycles. The standard InChI is InChI=1S/C12H25NOS/c1-3-11-7-4-5-8-12(11)13-9-6-10-15(2)14/h11-13H,3-10H2,1-2H3. The summed E-state index contributed by atoms with van der Waals surface area (Å²) < 4.78 is 10.9. The van der Waals surface area contributed by atoms with Crippen molar-refractivity contribution in [1.29, 1.82) is 0 Å². The van der Waals surface area contributed by atoms with Crippen molar-refractivity contribution >= 4 is 10.8 Å². The second kappa shape index (κ2) is 7.39. The molecule has 0 aromatic rings. The maximum Gasteiger partial charge on any atom is 0.0244 e. The van der Waals surface area contributed by atoms with E-state index >= 15 is 0 Å². The van der Waals surface area contributed by atoms with Gasteiger partial charge in [0.25, 0.3) is 0 Å². The molecule has 0 aromatic heterocycles. The van der Waals surface area contributed by atoms with Crippen molar-refractivity contribution in [1.82, 2.24) is 5.32 Å². The zero-order chi connectivity index (χ0) is 11.1. The first-order valence-electron chi connectivity index (χ1n) is 6.27. The van der Waals surface area contributed by atoms with E-state index in [2.05, 4.69) is 12.2 Å². The van der Waals surface area contributed by atoms with Crippen molar-refractivity contribution < 1.29 is 4.21 Å². The van der Waals surface area contributed by atoms with Gasteiger partial charge in [0.2, 0.25) is 0 Å². The minimum Gasteiger partial charge on any atom is -0.314 e. The van der Waals surface area contributed by atoms with Gasteiger partial charge in [0.05, 0.1) is 0 Å². The summed E-state index contributed by atoms with van der Waals surface area (Å²) in [6, 6.07) is 0.731. The molecule has 3 unspecified atom stereocenters. The topological polar surface area (TPSA) is 29.1 Å². The minimum absolute atomic E-state index is 0.623. The second-order valence-corrected chi connectivity index (χ2v) is 6.20. The summed E-state index contributed by atoms with van der Waals surface area (Å²) in [4.78, 5) is 0. The molecule has 0 radical (unpaired) electrons. The van der Waals surface area contributed by atoms with Gasteiger partial charge in [-0.3, -0.25) is 4.21 Å². The Hall–Kier alpha value is 0.110. The van der Waals surface area contributed by atoms with Crippen molar-refractivity contribution in [3.05, 3.63) is 0 Å². The van der Waals surface area contributed by atoms with E-state index in [0.29, 0.717) is 0 Å². The van der Waals surface area contributed by atoms with Gasteiger partial charge in [0, 0.05) is 28.9 Å². The van der Waals surface area contributed by atoms with Crippen LogP contribution < -0.4 is 5.32 Å². The van der Waals surface area contributed by atoms with E-state index in [-0.39, 0.29) is 0 Å². The van der Waals surface area contributed by atoms with Gasteiger partial charge in [-0.05, 0) is 31.7 Å². The summed E-state index contributed by atoms with van der Waals surface area (Å²) in [7, 11) is -0.623. The summed E-state index contributed by atoms with van der Waals surface area (Å²) >= 11 is 0. The van der Waals surface area contributed by atoms with Crippen LogP contribution in [0.3, 0.4) is 0 Å². The van der Waals surface area contributed by atoms with Crippen LogP contribution in [0, 0.1) is 5.92 Å². The Morgan fingerprint density at radius 3 is 2.73 bits per heavy atom. The maximum absolute atomic E-state index is 10.9. The van der Waals surface area contributed by atoms with Crippen molar-refractivity contribution in [3.8, 4) is 0 Å². The smallest absolute Gasteiger partial charge is 0.0244 e. The average Bonchev–Trinajstić information content (AvgIpc) is 2.24. The summed E-state index contributed by atoms with van der Waals surface area (Å²) in [5.41, 5.74) is 0. The lowest BCUT2D eigenvalue weighted by atomic mass is 9.83. The van der Waals surface area contributed by atoms with Gasteiger partial charge < -0.3 is 5.32 Å². The van der Waals surface area contributed by atoms with Gasteiger partial charge in [-0.1, -0.05) is 26.2 Å². The first-order chi connectivity index (χ1) is 7.24. The van der Waals surface area contributed by atoms with Gasteiger partial charge in [-0.25, -0.2) is 0 Å². The Labute approximate surface area is 96.7 Å². The Morgan fingerprint density at radius 1 is 1.33 bits per heavy atom. The molecule has 1 aliphatic rings. The lowest BCUT2D eigenvalue weighted by Gasteiger charge is -2.31. The monoisotopic (exact) mass is 231 g/mol. The molecule has 0 spiro atoms. The zero-order valence-corrected chi connectivity index (χ0v) is 10.9. The van der Waals surface area contributed by atoms with Crippen molar-refractivity contribution in [2.45, 2.75) is 51.5 Å². The van der Waals surface area contributed by atoms with Crippen molar-refractivity contribution in [2.75, 3.05) is 18.6 Å². The van der Waals surface area contributed by atoms with Crippen LogP contribution in [-0.2, 0) is 10.8 Å². The van der Waals surface area contributed by atoms with Gasteiger partial charge >= 0.3 is 0 Å². The quantitative estimate of drug-likeness (QED) is 0.711. The highest BCUT2D eigenvalue weighted by atomic mass is 32.2. The highest BCUT2D eigenvalue weighted by Crippen LogP contribution is 2.26. The fourth-order valence-corrected chi connectivity index (χ4v) is 3.08. The molecule has 0 bridgehead atoms. The molecule has 0 aromatic carbocycles. The van der Waals surface area contributed by atoms with Crippen LogP contribution in [0.15, 0.2) is 0 Å². The summed E-state index contributed by atoms with van der Waals surface area (Å²) in [6.07, 6.45) is 9.67. The predicted octanol–water partition coefficient (Wildman–Crippen LogP) is 2.31. The van der Waals surface area contributed by atoms with Gasteiger partial charge in [-0.15, -0.1) is 0 Å². The number of hydrogen-bond acceptors (Lipinski definition) is 2. The molecular weight excluding hydrogens is 206 g/mol. The molecule has 0 saturated heterocycles. The number of hydrogen-bond donors (Lipinski definition) is 1. The molecule has 1 aliphatic carbocycles. The first-order valence-corrected chi connectivity index (χ1v) is 8.00. The largest absolute Gasteiger partial charge is 0.314 e. The highest BCUT2D eigenvalue weighted by Gasteiger charge is 2.22. The van der Waals surface area contributed by atoms with E-state index < -0.39 is 10.8 Å². The zero-order valence-electron chi connectivity index (χ0n) is 10.1. The average molecular weight is 231 g/mol. The maximum atomic E-state index is 10.9. The molecule has 1 rings (SSSR count). The molecule has 1 fully saturated rings. The van der Waals surface area contributed by atoms with Crippen molar-refractivity contribution in [3.63, 3.8) is 0 Å².